The first-order chi connectivity index (χ1) is 6.66. The molecule has 1 saturated heterocycles. The van der Waals surface area contributed by atoms with Crippen LogP contribution in [-0.4, -0.2) is 40.4 Å². The standard InChI is InChI=1S/C10H17NO3/c12-9-2-1-8-6-11(10(13)14)4-3-7(8)5-9/h7-9,12H,1-6H2,(H,13,14). The maximum absolute atomic E-state index is 10.8. The third-order valence-corrected chi connectivity index (χ3v) is 3.61. The highest BCUT2D eigenvalue weighted by molar-refractivity contribution is 5.65. The smallest absolute Gasteiger partial charge is 0.407 e. The molecule has 0 aromatic rings. The van der Waals surface area contributed by atoms with Crippen LogP contribution < -0.4 is 0 Å². The van der Waals surface area contributed by atoms with Crippen molar-refractivity contribution in [3.05, 3.63) is 0 Å². The van der Waals surface area contributed by atoms with Crippen LogP contribution in [0.25, 0.3) is 0 Å². The van der Waals surface area contributed by atoms with E-state index in [1.807, 2.05) is 0 Å². The van der Waals surface area contributed by atoms with Crippen LogP contribution in [0.3, 0.4) is 0 Å². The lowest BCUT2D eigenvalue weighted by atomic mass is 9.74. The SMILES string of the molecule is O=C(O)N1CCC2CC(O)CCC2C1. The van der Waals surface area contributed by atoms with Crippen LogP contribution in [0.15, 0.2) is 0 Å². The Labute approximate surface area is 83.5 Å². The fraction of sp³-hybridized carbons (Fsp3) is 0.900. The molecule has 1 saturated carbocycles. The molecule has 0 aromatic heterocycles. The van der Waals surface area contributed by atoms with E-state index in [0.29, 0.717) is 24.9 Å². The molecular formula is C10H17NO3. The minimum atomic E-state index is -0.797. The van der Waals surface area contributed by atoms with E-state index in [1.165, 1.54) is 4.90 Å². The molecule has 2 fully saturated rings. The third kappa shape index (κ3) is 1.85. The monoisotopic (exact) mass is 199 g/mol. The molecule has 0 radical (unpaired) electrons. The van der Waals surface area contributed by atoms with E-state index in [1.54, 1.807) is 0 Å². The summed E-state index contributed by atoms with van der Waals surface area (Å²) in [6.07, 6.45) is 2.68. The molecule has 0 bridgehead atoms. The first-order valence-electron chi connectivity index (χ1n) is 5.32. The highest BCUT2D eigenvalue weighted by Crippen LogP contribution is 2.36. The zero-order valence-corrected chi connectivity index (χ0v) is 8.22. The quantitative estimate of drug-likeness (QED) is 0.615. The maximum atomic E-state index is 10.8. The minimum Gasteiger partial charge on any atom is -0.465 e. The van der Waals surface area contributed by atoms with Gasteiger partial charge in [-0.25, -0.2) is 4.79 Å². The Hall–Kier alpha value is -0.770. The molecular weight excluding hydrogens is 182 g/mol. The Morgan fingerprint density at radius 2 is 2.00 bits per heavy atom. The summed E-state index contributed by atoms with van der Waals surface area (Å²) >= 11 is 0. The fourth-order valence-electron chi connectivity index (χ4n) is 2.77. The van der Waals surface area contributed by atoms with Gasteiger partial charge in [0.15, 0.2) is 0 Å². The van der Waals surface area contributed by atoms with Crippen molar-refractivity contribution in [3.63, 3.8) is 0 Å². The lowest BCUT2D eigenvalue weighted by Crippen LogP contribution is -2.45. The summed E-state index contributed by atoms with van der Waals surface area (Å²) in [6.45, 7) is 1.32. The van der Waals surface area contributed by atoms with Crippen LogP contribution in [0, 0.1) is 11.8 Å². The average molecular weight is 199 g/mol. The lowest BCUT2D eigenvalue weighted by molar-refractivity contribution is 0.0231. The van der Waals surface area contributed by atoms with Crippen LogP contribution in [-0.2, 0) is 0 Å². The molecule has 0 aromatic carbocycles. The van der Waals surface area contributed by atoms with Crippen molar-refractivity contribution in [1.29, 1.82) is 0 Å². The summed E-state index contributed by atoms with van der Waals surface area (Å²) in [5, 5.41) is 18.4. The predicted molar refractivity (Wildman–Crippen MR) is 51.1 cm³/mol. The first kappa shape index (κ1) is 9.77. The minimum absolute atomic E-state index is 0.146. The normalized spacial score (nSPS) is 37.8. The molecule has 1 aliphatic heterocycles. The Bertz CT molecular complexity index is 231. The third-order valence-electron chi connectivity index (χ3n) is 3.61. The molecule has 2 N–H and O–H groups in total. The Kier molecular flexibility index (Phi) is 2.63. The number of piperidine rings is 1. The largest absolute Gasteiger partial charge is 0.465 e. The Morgan fingerprint density at radius 3 is 2.71 bits per heavy atom. The summed E-state index contributed by atoms with van der Waals surface area (Å²) in [6, 6.07) is 0. The molecule has 0 spiro atoms. The predicted octanol–water partition coefficient (Wildman–Crippen LogP) is 1.15. The molecule has 1 amide bonds. The Balaban J connectivity index is 1.94. The van der Waals surface area contributed by atoms with Gasteiger partial charge in [-0.2, -0.15) is 0 Å². The number of rotatable bonds is 0. The second kappa shape index (κ2) is 3.77. The van der Waals surface area contributed by atoms with Crippen molar-refractivity contribution in [2.45, 2.75) is 31.8 Å². The number of amides is 1. The van der Waals surface area contributed by atoms with Gasteiger partial charge < -0.3 is 15.1 Å². The number of fused-ring (bicyclic) bond motifs is 1. The van der Waals surface area contributed by atoms with E-state index < -0.39 is 6.09 Å². The van der Waals surface area contributed by atoms with Gasteiger partial charge in [0.05, 0.1) is 6.10 Å². The zero-order valence-electron chi connectivity index (χ0n) is 8.22. The van der Waals surface area contributed by atoms with Gasteiger partial charge in [0.2, 0.25) is 0 Å². The number of nitrogens with zero attached hydrogens (tertiary/aromatic N) is 1. The molecule has 4 nitrogen and oxygen atoms in total. The van der Waals surface area contributed by atoms with Crippen LogP contribution in [0.5, 0.6) is 0 Å². The van der Waals surface area contributed by atoms with E-state index in [2.05, 4.69) is 0 Å². The number of likely N-dealkylation sites (tertiary alicyclic amines) is 1. The number of aliphatic hydroxyl groups is 1. The van der Waals surface area contributed by atoms with Crippen LogP contribution in [0.2, 0.25) is 0 Å². The van der Waals surface area contributed by atoms with Gasteiger partial charge in [-0.3, -0.25) is 0 Å². The number of carbonyl (C=O) groups is 1. The first-order valence-corrected chi connectivity index (χ1v) is 5.32. The molecule has 3 atom stereocenters. The zero-order chi connectivity index (χ0) is 10.1. The van der Waals surface area contributed by atoms with Crippen molar-refractivity contribution in [2.24, 2.45) is 11.8 Å². The molecule has 14 heavy (non-hydrogen) atoms. The molecule has 1 aliphatic carbocycles. The molecule has 1 heterocycles. The molecule has 2 rings (SSSR count). The van der Waals surface area contributed by atoms with E-state index in [0.717, 1.165) is 25.7 Å². The maximum Gasteiger partial charge on any atom is 0.407 e. The lowest BCUT2D eigenvalue weighted by Gasteiger charge is -2.41. The van der Waals surface area contributed by atoms with Crippen molar-refractivity contribution >= 4 is 6.09 Å². The van der Waals surface area contributed by atoms with Gasteiger partial charge in [-0.05, 0) is 37.5 Å². The summed E-state index contributed by atoms with van der Waals surface area (Å²) in [4.78, 5) is 12.3. The topological polar surface area (TPSA) is 60.8 Å². The summed E-state index contributed by atoms with van der Waals surface area (Å²) in [5.41, 5.74) is 0. The van der Waals surface area contributed by atoms with Gasteiger partial charge in [0.25, 0.3) is 0 Å². The molecule has 2 aliphatic rings. The van der Waals surface area contributed by atoms with E-state index in [9.17, 15) is 9.90 Å². The van der Waals surface area contributed by atoms with E-state index in [4.69, 9.17) is 5.11 Å². The van der Waals surface area contributed by atoms with Gasteiger partial charge in [-0.15, -0.1) is 0 Å². The van der Waals surface area contributed by atoms with Gasteiger partial charge in [0.1, 0.15) is 0 Å². The molecule has 4 heteroatoms. The van der Waals surface area contributed by atoms with Gasteiger partial charge in [0, 0.05) is 13.1 Å². The number of hydrogen-bond acceptors (Lipinski definition) is 2. The highest BCUT2D eigenvalue weighted by Gasteiger charge is 2.35. The van der Waals surface area contributed by atoms with Crippen LogP contribution >= 0.6 is 0 Å². The highest BCUT2D eigenvalue weighted by atomic mass is 16.4. The van der Waals surface area contributed by atoms with Crippen LogP contribution in [0.1, 0.15) is 25.7 Å². The molecule has 3 unspecified atom stereocenters. The summed E-state index contributed by atoms with van der Waals surface area (Å²) < 4.78 is 0. The number of aliphatic hydroxyl groups excluding tert-OH is 1. The van der Waals surface area contributed by atoms with Crippen molar-refractivity contribution in [3.8, 4) is 0 Å². The second-order valence-electron chi connectivity index (χ2n) is 4.50. The average Bonchev–Trinajstić information content (AvgIpc) is 2.16. The summed E-state index contributed by atoms with van der Waals surface area (Å²) in [5.74, 6) is 1.04. The van der Waals surface area contributed by atoms with Gasteiger partial charge >= 0.3 is 6.09 Å². The fourth-order valence-corrected chi connectivity index (χ4v) is 2.77. The van der Waals surface area contributed by atoms with Crippen LogP contribution in [0.4, 0.5) is 4.79 Å². The van der Waals surface area contributed by atoms with Crippen molar-refractivity contribution in [1.82, 2.24) is 4.90 Å². The Morgan fingerprint density at radius 1 is 1.21 bits per heavy atom. The number of carboxylic acid groups (broad SMARTS) is 1. The van der Waals surface area contributed by atoms with E-state index >= 15 is 0 Å². The number of hydrogen-bond donors (Lipinski definition) is 2. The van der Waals surface area contributed by atoms with Gasteiger partial charge in [-0.1, -0.05) is 0 Å². The van der Waals surface area contributed by atoms with E-state index in [-0.39, 0.29) is 6.10 Å². The second-order valence-corrected chi connectivity index (χ2v) is 4.50. The molecule has 80 valence electrons. The van der Waals surface area contributed by atoms with Crippen molar-refractivity contribution in [2.75, 3.05) is 13.1 Å². The summed E-state index contributed by atoms with van der Waals surface area (Å²) in [7, 11) is 0. The van der Waals surface area contributed by atoms with Crippen molar-refractivity contribution < 1.29 is 15.0 Å².